The van der Waals surface area contributed by atoms with E-state index in [-0.39, 0.29) is 0 Å². The molecule has 0 fully saturated rings. The number of oxime groups is 1. The molecule has 1 aromatic rings. The van der Waals surface area contributed by atoms with Crippen molar-refractivity contribution in [1.82, 2.24) is 0 Å². The molecule has 0 saturated carbocycles. The monoisotopic (exact) mass is 249 g/mol. The molecule has 0 aliphatic rings. The summed E-state index contributed by atoms with van der Waals surface area (Å²) in [6.07, 6.45) is 2.61. The largest absolute Gasteiger partial charge is 0.409 e. The molecule has 0 unspecified atom stereocenters. The fourth-order valence-corrected chi connectivity index (χ4v) is 2.01. The van der Waals surface area contributed by atoms with Crippen LogP contribution < -0.4 is 10.6 Å². The van der Waals surface area contributed by atoms with Gasteiger partial charge >= 0.3 is 0 Å². The van der Waals surface area contributed by atoms with Crippen LogP contribution in [-0.4, -0.2) is 24.6 Å². The number of rotatable bonds is 6. The predicted octanol–water partition coefficient (Wildman–Crippen LogP) is 2.66. The number of aryl methyl sites for hydroxylation is 2. The standard InChI is InChI=1S/C14H23N3O/c1-11-8-12(2)10-13(9-11)17(3)7-5-4-6-14(15)16-18/h8-10,18H,4-7H2,1-3H3,(H2,15,16). The summed E-state index contributed by atoms with van der Waals surface area (Å²) in [6.45, 7) is 5.20. The van der Waals surface area contributed by atoms with E-state index in [1.54, 1.807) is 0 Å². The van der Waals surface area contributed by atoms with E-state index in [2.05, 4.69) is 49.1 Å². The minimum absolute atomic E-state index is 0.309. The van der Waals surface area contributed by atoms with Crippen molar-refractivity contribution in [3.8, 4) is 0 Å². The first-order valence-electron chi connectivity index (χ1n) is 6.28. The predicted molar refractivity (Wildman–Crippen MR) is 76.4 cm³/mol. The van der Waals surface area contributed by atoms with Gasteiger partial charge in [0.05, 0.1) is 0 Å². The van der Waals surface area contributed by atoms with E-state index in [1.165, 1.54) is 16.8 Å². The van der Waals surface area contributed by atoms with Crippen LogP contribution in [0.5, 0.6) is 0 Å². The quantitative estimate of drug-likeness (QED) is 0.268. The minimum Gasteiger partial charge on any atom is -0.409 e. The third kappa shape index (κ3) is 4.65. The normalized spacial score (nSPS) is 11.6. The summed E-state index contributed by atoms with van der Waals surface area (Å²) < 4.78 is 0. The van der Waals surface area contributed by atoms with Crippen molar-refractivity contribution in [3.63, 3.8) is 0 Å². The molecule has 1 aromatic carbocycles. The van der Waals surface area contributed by atoms with E-state index in [4.69, 9.17) is 10.9 Å². The lowest BCUT2D eigenvalue weighted by Crippen LogP contribution is -2.19. The van der Waals surface area contributed by atoms with Gasteiger partial charge in [-0.05, 0) is 49.9 Å². The Balaban J connectivity index is 2.43. The highest BCUT2D eigenvalue weighted by Gasteiger charge is 2.02. The molecule has 18 heavy (non-hydrogen) atoms. The fraction of sp³-hybridized carbons (Fsp3) is 0.500. The average molecular weight is 249 g/mol. The second-order valence-electron chi connectivity index (χ2n) is 4.82. The Morgan fingerprint density at radius 3 is 2.39 bits per heavy atom. The van der Waals surface area contributed by atoms with Gasteiger partial charge in [-0.15, -0.1) is 0 Å². The van der Waals surface area contributed by atoms with Crippen molar-refractivity contribution < 1.29 is 5.21 Å². The lowest BCUT2D eigenvalue weighted by atomic mass is 10.1. The number of unbranched alkanes of at least 4 members (excludes halogenated alkanes) is 1. The Hall–Kier alpha value is -1.71. The zero-order valence-corrected chi connectivity index (χ0v) is 11.5. The fourth-order valence-electron chi connectivity index (χ4n) is 2.01. The van der Waals surface area contributed by atoms with Crippen molar-refractivity contribution in [2.75, 3.05) is 18.5 Å². The van der Waals surface area contributed by atoms with Gasteiger partial charge in [-0.1, -0.05) is 11.2 Å². The molecule has 4 nitrogen and oxygen atoms in total. The van der Waals surface area contributed by atoms with Crippen LogP contribution in [0.15, 0.2) is 23.4 Å². The molecule has 1 rings (SSSR count). The maximum atomic E-state index is 8.43. The molecule has 0 amide bonds. The Kier molecular flexibility index (Phi) is 5.49. The molecule has 0 saturated heterocycles. The van der Waals surface area contributed by atoms with Crippen molar-refractivity contribution in [2.24, 2.45) is 10.9 Å². The van der Waals surface area contributed by atoms with Gasteiger partial charge in [0.15, 0.2) is 0 Å². The van der Waals surface area contributed by atoms with Crippen LogP contribution in [0.4, 0.5) is 5.69 Å². The summed E-state index contributed by atoms with van der Waals surface area (Å²) in [5.41, 5.74) is 9.24. The maximum Gasteiger partial charge on any atom is 0.139 e. The van der Waals surface area contributed by atoms with Gasteiger partial charge in [-0.3, -0.25) is 0 Å². The number of anilines is 1. The molecular weight excluding hydrogens is 226 g/mol. The highest BCUT2D eigenvalue weighted by atomic mass is 16.4. The molecule has 0 spiro atoms. The average Bonchev–Trinajstić information content (AvgIpc) is 2.32. The first-order chi connectivity index (χ1) is 8.52. The van der Waals surface area contributed by atoms with Gasteiger partial charge in [0.1, 0.15) is 5.84 Å². The molecule has 4 heteroatoms. The molecule has 0 bridgehead atoms. The van der Waals surface area contributed by atoms with Gasteiger partial charge in [0, 0.05) is 25.7 Å². The van der Waals surface area contributed by atoms with E-state index < -0.39 is 0 Å². The molecule has 0 aliphatic heterocycles. The van der Waals surface area contributed by atoms with Gasteiger partial charge < -0.3 is 15.8 Å². The summed E-state index contributed by atoms with van der Waals surface area (Å²) in [4.78, 5) is 2.24. The second kappa shape index (κ2) is 6.89. The van der Waals surface area contributed by atoms with Crippen LogP contribution in [0.2, 0.25) is 0 Å². The van der Waals surface area contributed by atoms with Crippen LogP contribution in [-0.2, 0) is 0 Å². The van der Waals surface area contributed by atoms with Gasteiger partial charge in [0.25, 0.3) is 0 Å². The Bertz CT molecular complexity index is 395. The lowest BCUT2D eigenvalue weighted by molar-refractivity contribution is 0.316. The Morgan fingerprint density at radius 1 is 1.22 bits per heavy atom. The first-order valence-corrected chi connectivity index (χ1v) is 6.28. The van der Waals surface area contributed by atoms with Gasteiger partial charge in [-0.2, -0.15) is 0 Å². The van der Waals surface area contributed by atoms with Crippen molar-refractivity contribution in [2.45, 2.75) is 33.1 Å². The highest BCUT2D eigenvalue weighted by molar-refractivity contribution is 5.79. The van der Waals surface area contributed by atoms with Crippen molar-refractivity contribution in [3.05, 3.63) is 29.3 Å². The lowest BCUT2D eigenvalue weighted by Gasteiger charge is -2.20. The third-order valence-corrected chi connectivity index (χ3v) is 2.95. The maximum absolute atomic E-state index is 8.43. The van der Waals surface area contributed by atoms with Crippen LogP contribution in [0.1, 0.15) is 30.4 Å². The summed E-state index contributed by atoms with van der Waals surface area (Å²) in [7, 11) is 2.09. The first kappa shape index (κ1) is 14.4. The van der Waals surface area contributed by atoms with Gasteiger partial charge in [0.2, 0.25) is 0 Å². The SMILES string of the molecule is Cc1cc(C)cc(N(C)CCCCC(N)=NO)c1. The molecule has 0 heterocycles. The summed E-state index contributed by atoms with van der Waals surface area (Å²) in [6, 6.07) is 6.56. The van der Waals surface area contributed by atoms with E-state index in [0.717, 1.165) is 19.4 Å². The molecule has 3 N–H and O–H groups in total. The minimum atomic E-state index is 0.309. The zero-order valence-electron chi connectivity index (χ0n) is 11.5. The van der Waals surface area contributed by atoms with Crippen LogP contribution in [0.3, 0.4) is 0 Å². The van der Waals surface area contributed by atoms with Crippen LogP contribution >= 0.6 is 0 Å². The number of hydrogen-bond acceptors (Lipinski definition) is 3. The van der Waals surface area contributed by atoms with E-state index >= 15 is 0 Å². The Labute approximate surface area is 109 Å². The Morgan fingerprint density at radius 2 is 1.83 bits per heavy atom. The highest BCUT2D eigenvalue weighted by Crippen LogP contribution is 2.17. The number of nitrogens with zero attached hydrogens (tertiary/aromatic N) is 2. The number of amidine groups is 1. The van der Waals surface area contributed by atoms with Crippen molar-refractivity contribution >= 4 is 11.5 Å². The molecule has 0 atom stereocenters. The second-order valence-corrected chi connectivity index (χ2v) is 4.82. The number of hydrogen-bond donors (Lipinski definition) is 2. The molecule has 0 aromatic heterocycles. The topological polar surface area (TPSA) is 61.8 Å². The summed E-state index contributed by atoms with van der Waals surface area (Å²) >= 11 is 0. The van der Waals surface area contributed by atoms with E-state index in [0.29, 0.717) is 12.3 Å². The number of benzene rings is 1. The molecular formula is C14H23N3O. The molecule has 0 aliphatic carbocycles. The molecule has 0 radical (unpaired) electrons. The summed E-state index contributed by atoms with van der Waals surface area (Å²) in [5, 5.41) is 11.4. The zero-order chi connectivity index (χ0) is 13.5. The molecule has 100 valence electrons. The van der Waals surface area contributed by atoms with E-state index in [9.17, 15) is 0 Å². The van der Waals surface area contributed by atoms with Crippen LogP contribution in [0.25, 0.3) is 0 Å². The van der Waals surface area contributed by atoms with Gasteiger partial charge in [-0.25, -0.2) is 0 Å². The van der Waals surface area contributed by atoms with Crippen LogP contribution in [0, 0.1) is 13.8 Å². The third-order valence-electron chi connectivity index (χ3n) is 2.95. The van der Waals surface area contributed by atoms with Crippen molar-refractivity contribution in [1.29, 1.82) is 0 Å². The van der Waals surface area contributed by atoms with E-state index in [1.807, 2.05) is 0 Å². The summed E-state index contributed by atoms with van der Waals surface area (Å²) in [5.74, 6) is 0.309. The smallest absolute Gasteiger partial charge is 0.139 e. The number of nitrogens with two attached hydrogens (primary N) is 1.